The van der Waals surface area contributed by atoms with Gasteiger partial charge in [0.25, 0.3) is 5.91 Å². The maximum absolute atomic E-state index is 12.6. The second kappa shape index (κ2) is 6.20. The van der Waals surface area contributed by atoms with Crippen LogP contribution in [0.2, 0.25) is 0 Å². The third-order valence-electron chi connectivity index (χ3n) is 4.55. The molecule has 1 aromatic carbocycles. The summed E-state index contributed by atoms with van der Waals surface area (Å²) in [6, 6.07) is 5.64. The summed E-state index contributed by atoms with van der Waals surface area (Å²) in [5, 5.41) is 4.02. The van der Waals surface area contributed by atoms with Crippen molar-refractivity contribution in [1.29, 1.82) is 0 Å². The molecular weight excluding hydrogens is 312 g/mol. The van der Waals surface area contributed by atoms with E-state index in [0.29, 0.717) is 4.88 Å². The molecule has 1 aliphatic rings. The van der Waals surface area contributed by atoms with Gasteiger partial charge >= 0.3 is 0 Å². The third-order valence-corrected chi connectivity index (χ3v) is 5.82. The Bertz CT molecular complexity index is 769. The van der Waals surface area contributed by atoms with Crippen molar-refractivity contribution in [2.75, 3.05) is 7.11 Å². The van der Waals surface area contributed by atoms with Crippen molar-refractivity contribution < 1.29 is 14.3 Å². The van der Waals surface area contributed by atoms with Crippen molar-refractivity contribution in [2.45, 2.75) is 32.2 Å². The fourth-order valence-electron chi connectivity index (χ4n) is 3.25. The molecule has 3 N–H and O–H groups in total. The van der Waals surface area contributed by atoms with E-state index in [0.717, 1.165) is 40.7 Å². The third kappa shape index (κ3) is 2.91. The van der Waals surface area contributed by atoms with Gasteiger partial charge in [-0.15, -0.1) is 11.3 Å². The molecule has 1 fully saturated rings. The van der Waals surface area contributed by atoms with Gasteiger partial charge in [0.05, 0.1) is 17.9 Å². The predicted molar refractivity (Wildman–Crippen MR) is 90.9 cm³/mol. The van der Waals surface area contributed by atoms with Gasteiger partial charge in [0.15, 0.2) is 0 Å². The smallest absolute Gasteiger partial charge is 0.261 e. The number of aryl methyl sites for hydroxylation is 1. The molecule has 0 saturated heterocycles. The Morgan fingerprint density at radius 1 is 1.35 bits per heavy atom. The van der Waals surface area contributed by atoms with Crippen molar-refractivity contribution in [3.63, 3.8) is 0 Å². The molecule has 122 valence electrons. The Hall–Kier alpha value is -2.08. The number of thiophene rings is 1. The first-order chi connectivity index (χ1) is 11.0. The number of ether oxygens (including phenoxy) is 1. The zero-order chi connectivity index (χ0) is 16.6. The molecule has 2 atom stereocenters. The lowest BCUT2D eigenvalue weighted by Crippen LogP contribution is -2.42. The highest BCUT2D eigenvalue weighted by Crippen LogP contribution is 2.34. The van der Waals surface area contributed by atoms with Crippen LogP contribution >= 0.6 is 11.3 Å². The van der Waals surface area contributed by atoms with Gasteiger partial charge in [-0.05, 0) is 48.9 Å². The minimum absolute atomic E-state index is 0.124. The topological polar surface area (TPSA) is 81.4 Å². The van der Waals surface area contributed by atoms with E-state index in [-0.39, 0.29) is 23.8 Å². The van der Waals surface area contributed by atoms with Crippen molar-refractivity contribution in [3.8, 4) is 5.75 Å². The SMILES string of the molecule is COc1ccc2sc(C(=O)NC3CCCC3C(N)=O)c(C)c2c1. The largest absolute Gasteiger partial charge is 0.497 e. The number of nitrogens with two attached hydrogens (primary N) is 1. The Kier molecular flexibility index (Phi) is 4.26. The summed E-state index contributed by atoms with van der Waals surface area (Å²) in [5.74, 6) is 0.0649. The first-order valence-electron chi connectivity index (χ1n) is 7.68. The summed E-state index contributed by atoms with van der Waals surface area (Å²) in [6.07, 6.45) is 2.47. The van der Waals surface area contributed by atoms with E-state index in [1.54, 1.807) is 7.11 Å². The molecule has 0 spiro atoms. The van der Waals surface area contributed by atoms with Crippen LogP contribution in [0.4, 0.5) is 0 Å². The molecule has 1 saturated carbocycles. The highest BCUT2D eigenvalue weighted by molar-refractivity contribution is 7.21. The summed E-state index contributed by atoms with van der Waals surface area (Å²) in [6.45, 7) is 1.94. The van der Waals surface area contributed by atoms with Gasteiger partial charge in [0.1, 0.15) is 5.75 Å². The van der Waals surface area contributed by atoms with Crippen molar-refractivity contribution in [1.82, 2.24) is 5.32 Å². The van der Waals surface area contributed by atoms with Crippen LogP contribution < -0.4 is 15.8 Å². The van der Waals surface area contributed by atoms with Gasteiger partial charge in [-0.1, -0.05) is 6.42 Å². The van der Waals surface area contributed by atoms with Crippen LogP contribution in [0.15, 0.2) is 18.2 Å². The number of fused-ring (bicyclic) bond motifs is 1. The van der Waals surface area contributed by atoms with Crippen LogP contribution in [-0.2, 0) is 4.79 Å². The lowest BCUT2D eigenvalue weighted by Gasteiger charge is -2.18. The first-order valence-corrected chi connectivity index (χ1v) is 8.50. The number of amides is 2. The molecule has 0 radical (unpaired) electrons. The number of hydrogen-bond acceptors (Lipinski definition) is 4. The minimum atomic E-state index is -0.328. The monoisotopic (exact) mass is 332 g/mol. The summed E-state index contributed by atoms with van der Waals surface area (Å²) >= 11 is 1.46. The van der Waals surface area contributed by atoms with Crippen LogP contribution in [0.25, 0.3) is 10.1 Å². The van der Waals surface area contributed by atoms with E-state index in [1.807, 2.05) is 25.1 Å². The molecule has 2 aromatic rings. The predicted octanol–water partition coefficient (Wildman–Crippen LogP) is 2.60. The number of primary amides is 1. The van der Waals surface area contributed by atoms with Crippen LogP contribution in [0.5, 0.6) is 5.75 Å². The van der Waals surface area contributed by atoms with E-state index < -0.39 is 0 Å². The quantitative estimate of drug-likeness (QED) is 0.903. The van der Waals surface area contributed by atoms with Crippen LogP contribution in [0, 0.1) is 12.8 Å². The van der Waals surface area contributed by atoms with E-state index in [2.05, 4.69) is 5.32 Å². The summed E-state index contributed by atoms with van der Waals surface area (Å²) in [5.41, 5.74) is 6.36. The average Bonchev–Trinajstić information content (AvgIpc) is 3.12. The van der Waals surface area contributed by atoms with E-state index in [1.165, 1.54) is 11.3 Å². The van der Waals surface area contributed by atoms with E-state index >= 15 is 0 Å². The Morgan fingerprint density at radius 3 is 2.83 bits per heavy atom. The number of carbonyl (C=O) groups excluding carboxylic acids is 2. The number of rotatable bonds is 4. The lowest BCUT2D eigenvalue weighted by molar-refractivity contribution is -0.122. The van der Waals surface area contributed by atoms with Crippen LogP contribution in [0.1, 0.15) is 34.5 Å². The molecule has 6 heteroatoms. The van der Waals surface area contributed by atoms with Crippen molar-refractivity contribution in [3.05, 3.63) is 28.6 Å². The van der Waals surface area contributed by atoms with Crippen molar-refractivity contribution in [2.24, 2.45) is 11.7 Å². The van der Waals surface area contributed by atoms with Gasteiger partial charge in [-0.25, -0.2) is 0 Å². The number of methoxy groups -OCH3 is 1. The first kappa shape index (κ1) is 15.8. The maximum atomic E-state index is 12.6. The van der Waals surface area contributed by atoms with Crippen LogP contribution in [-0.4, -0.2) is 25.0 Å². The Balaban J connectivity index is 1.86. The average molecular weight is 332 g/mol. The van der Waals surface area contributed by atoms with Gasteiger partial charge in [-0.2, -0.15) is 0 Å². The van der Waals surface area contributed by atoms with Crippen molar-refractivity contribution >= 4 is 33.2 Å². The standard InChI is InChI=1S/C17H20N2O3S/c1-9-12-8-10(22-2)6-7-14(12)23-15(9)17(21)19-13-5-3-4-11(13)16(18)20/h6-8,11,13H,3-5H2,1-2H3,(H2,18,20)(H,19,21). The molecule has 0 aliphatic heterocycles. The summed E-state index contributed by atoms with van der Waals surface area (Å²) in [4.78, 5) is 24.8. The second-order valence-corrected chi connectivity index (χ2v) is 6.99. The minimum Gasteiger partial charge on any atom is -0.497 e. The Morgan fingerprint density at radius 2 is 2.13 bits per heavy atom. The number of benzene rings is 1. The van der Waals surface area contributed by atoms with Gasteiger partial charge in [0.2, 0.25) is 5.91 Å². The fraction of sp³-hybridized carbons (Fsp3) is 0.412. The number of carbonyl (C=O) groups is 2. The molecule has 5 nitrogen and oxygen atoms in total. The van der Waals surface area contributed by atoms with Gasteiger partial charge in [0, 0.05) is 10.7 Å². The normalized spacial score (nSPS) is 20.6. The molecule has 2 unspecified atom stereocenters. The zero-order valence-electron chi connectivity index (χ0n) is 13.2. The highest BCUT2D eigenvalue weighted by atomic mass is 32.1. The molecule has 23 heavy (non-hydrogen) atoms. The van der Waals surface area contributed by atoms with E-state index in [9.17, 15) is 9.59 Å². The number of nitrogens with one attached hydrogen (secondary N) is 1. The fourth-order valence-corrected chi connectivity index (χ4v) is 4.34. The molecule has 1 heterocycles. The molecule has 2 amide bonds. The molecule has 1 aromatic heterocycles. The summed E-state index contributed by atoms with van der Waals surface area (Å²) in [7, 11) is 1.63. The highest BCUT2D eigenvalue weighted by Gasteiger charge is 2.33. The van der Waals surface area contributed by atoms with Crippen LogP contribution in [0.3, 0.4) is 0 Å². The van der Waals surface area contributed by atoms with Gasteiger partial charge in [-0.3, -0.25) is 9.59 Å². The molecule has 1 aliphatic carbocycles. The number of hydrogen-bond donors (Lipinski definition) is 2. The molecule has 0 bridgehead atoms. The Labute approximate surface area is 138 Å². The van der Waals surface area contributed by atoms with Gasteiger partial charge < -0.3 is 15.8 Å². The zero-order valence-corrected chi connectivity index (χ0v) is 14.0. The maximum Gasteiger partial charge on any atom is 0.261 e. The molecule has 3 rings (SSSR count). The molecular formula is C17H20N2O3S. The van der Waals surface area contributed by atoms with E-state index in [4.69, 9.17) is 10.5 Å². The lowest BCUT2D eigenvalue weighted by atomic mass is 10.0. The summed E-state index contributed by atoms with van der Waals surface area (Å²) < 4.78 is 6.30. The second-order valence-electron chi connectivity index (χ2n) is 5.94.